The van der Waals surface area contributed by atoms with Gasteiger partial charge in [0.15, 0.2) is 11.3 Å². The summed E-state index contributed by atoms with van der Waals surface area (Å²) in [6.07, 6.45) is 2.21. The molecule has 0 radical (unpaired) electrons. The highest BCUT2D eigenvalue weighted by Crippen LogP contribution is 2.55. The van der Waals surface area contributed by atoms with E-state index in [1.54, 1.807) is 35.1 Å². The van der Waals surface area contributed by atoms with Gasteiger partial charge in [-0.25, -0.2) is 24.0 Å². The maximum absolute atomic E-state index is 12.9. The van der Waals surface area contributed by atoms with Crippen molar-refractivity contribution < 1.29 is 13.2 Å². The zero-order valence-electron chi connectivity index (χ0n) is 17.2. The van der Waals surface area contributed by atoms with Crippen molar-refractivity contribution in [1.29, 1.82) is 0 Å². The molecule has 0 spiro atoms. The molecular formula is C21H15F3N8O2. The molecule has 5 aromatic heterocycles. The maximum atomic E-state index is 12.9. The molecule has 10 nitrogen and oxygen atoms in total. The molecule has 0 unspecified atom stereocenters. The van der Waals surface area contributed by atoms with Crippen LogP contribution in [0.25, 0.3) is 27.9 Å². The van der Waals surface area contributed by atoms with Crippen molar-refractivity contribution in [2.24, 2.45) is 0 Å². The van der Waals surface area contributed by atoms with Gasteiger partial charge >= 0.3 is 11.9 Å². The van der Waals surface area contributed by atoms with Crippen LogP contribution in [0.4, 0.5) is 13.2 Å². The van der Waals surface area contributed by atoms with Crippen LogP contribution in [0.2, 0.25) is 0 Å². The van der Waals surface area contributed by atoms with Crippen molar-refractivity contribution >= 4 is 16.7 Å². The quantitative estimate of drug-likeness (QED) is 0.417. The van der Waals surface area contributed by atoms with Crippen molar-refractivity contribution in [3.05, 3.63) is 75.1 Å². The van der Waals surface area contributed by atoms with Crippen molar-refractivity contribution in [3.63, 3.8) is 0 Å². The minimum absolute atomic E-state index is 0.0163. The monoisotopic (exact) mass is 468 g/mol. The smallest absolute Gasteiger partial charge is 0.313 e. The molecule has 0 saturated heterocycles. The van der Waals surface area contributed by atoms with Crippen LogP contribution < -0.4 is 11.2 Å². The fourth-order valence-electron chi connectivity index (χ4n) is 4.27. The van der Waals surface area contributed by atoms with Gasteiger partial charge in [0.1, 0.15) is 6.54 Å². The lowest BCUT2D eigenvalue weighted by molar-refractivity contribution is -0.141. The van der Waals surface area contributed by atoms with Gasteiger partial charge in [0.25, 0.3) is 5.56 Å². The van der Waals surface area contributed by atoms with E-state index in [9.17, 15) is 22.8 Å². The van der Waals surface area contributed by atoms with Crippen molar-refractivity contribution in [2.45, 2.75) is 31.0 Å². The number of aromatic amines is 2. The van der Waals surface area contributed by atoms with E-state index in [4.69, 9.17) is 0 Å². The SMILES string of the molecule is O=c1[nH]cc(-c2cc([C@H]3C[C@@H]3c3ccc4cnn(CC(F)(F)F)c4n3)c3nccn3n2)c(=O)[nH]1. The van der Waals surface area contributed by atoms with Crippen LogP contribution >= 0.6 is 0 Å². The molecule has 5 aromatic rings. The molecule has 34 heavy (non-hydrogen) atoms. The van der Waals surface area contributed by atoms with Gasteiger partial charge in [0, 0.05) is 41.2 Å². The number of H-pyrrole nitrogens is 2. The zero-order chi connectivity index (χ0) is 23.6. The number of nitrogens with zero attached hydrogens (tertiary/aromatic N) is 6. The molecule has 6 rings (SSSR count). The third-order valence-electron chi connectivity index (χ3n) is 5.89. The van der Waals surface area contributed by atoms with E-state index in [0.29, 0.717) is 28.8 Å². The molecule has 0 aliphatic heterocycles. The molecule has 2 atom stereocenters. The highest BCUT2D eigenvalue weighted by molar-refractivity contribution is 5.75. The second kappa shape index (κ2) is 7.10. The number of hydrogen-bond donors (Lipinski definition) is 2. The molecule has 1 aliphatic rings. The lowest BCUT2D eigenvalue weighted by Crippen LogP contribution is -2.23. The molecule has 0 aromatic carbocycles. The van der Waals surface area contributed by atoms with Crippen LogP contribution in [0, 0.1) is 0 Å². The summed E-state index contributed by atoms with van der Waals surface area (Å²) in [6, 6.07) is 5.27. The number of rotatable bonds is 4. The average molecular weight is 468 g/mol. The van der Waals surface area contributed by atoms with E-state index in [2.05, 4.69) is 30.1 Å². The molecule has 0 amide bonds. The Labute approximate surface area is 187 Å². The van der Waals surface area contributed by atoms with Crippen LogP contribution in [0.15, 0.2) is 52.6 Å². The number of imidazole rings is 1. The van der Waals surface area contributed by atoms with E-state index < -0.39 is 24.0 Å². The molecule has 2 N–H and O–H groups in total. The van der Waals surface area contributed by atoms with Gasteiger partial charge in [-0.3, -0.25) is 9.78 Å². The first-order valence-corrected chi connectivity index (χ1v) is 10.3. The van der Waals surface area contributed by atoms with Gasteiger partial charge < -0.3 is 4.98 Å². The Balaban J connectivity index is 1.39. The second-order valence-corrected chi connectivity index (χ2v) is 8.18. The molecule has 13 heteroatoms. The summed E-state index contributed by atoms with van der Waals surface area (Å²) in [6.45, 7) is -1.21. The van der Waals surface area contributed by atoms with Gasteiger partial charge in [-0.2, -0.15) is 23.4 Å². The van der Waals surface area contributed by atoms with Crippen LogP contribution in [0.3, 0.4) is 0 Å². The second-order valence-electron chi connectivity index (χ2n) is 8.18. The Morgan fingerprint density at radius 3 is 2.79 bits per heavy atom. The lowest BCUT2D eigenvalue weighted by atomic mass is 10.1. The Morgan fingerprint density at radius 1 is 1.15 bits per heavy atom. The third kappa shape index (κ3) is 3.45. The van der Waals surface area contributed by atoms with Gasteiger partial charge in [-0.1, -0.05) is 0 Å². The third-order valence-corrected chi connectivity index (χ3v) is 5.89. The largest absolute Gasteiger partial charge is 0.408 e. The summed E-state index contributed by atoms with van der Waals surface area (Å²) in [5, 5.41) is 8.78. The van der Waals surface area contributed by atoms with Crippen LogP contribution in [-0.2, 0) is 6.54 Å². The predicted molar refractivity (Wildman–Crippen MR) is 113 cm³/mol. The first-order chi connectivity index (χ1) is 16.3. The van der Waals surface area contributed by atoms with E-state index in [1.165, 1.54) is 12.4 Å². The molecule has 5 heterocycles. The average Bonchev–Trinajstić information content (AvgIpc) is 3.26. The normalized spacial score (nSPS) is 18.1. The van der Waals surface area contributed by atoms with Crippen LogP contribution in [0.5, 0.6) is 0 Å². The van der Waals surface area contributed by atoms with E-state index >= 15 is 0 Å². The number of aromatic nitrogens is 8. The Hall–Kier alpha value is -4.29. The fourth-order valence-corrected chi connectivity index (χ4v) is 4.27. The van der Waals surface area contributed by atoms with Crippen molar-refractivity contribution in [1.82, 2.24) is 39.3 Å². The number of hydrogen-bond acceptors (Lipinski definition) is 6. The number of nitrogens with one attached hydrogen (secondary N) is 2. The highest BCUT2D eigenvalue weighted by Gasteiger charge is 2.43. The van der Waals surface area contributed by atoms with Gasteiger partial charge in [-0.15, -0.1) is 0 Å². The summed E-state index contributed by atoms with van der Waals surface area (Å²) in [7, 11) is 0. The number of pyridine rings is 1. The topological polar surface area (TPSA) is 127 Å². The summed E-state index contributed by atoms with van der Waals surface area (Å²) in [4.78, 5) is 37.2. The summed E-state index contributed by atoms with van der Waals surface area (Å²) >= 11 is 0. The predicted octanol–water partition coefficient (Wildman–Crippen LogP) is 2.35. The fraction of sp³-hybridized carbons (Fsp3) is 0.238. The highest BCUT2D eigenvalue weighted by atomic mass is 19.4. The Kier molecular flexibility index (Phi) is 4.25. The number of fused-ring (bicyclic) bond motifs is 2. The standard InChI is InChI=1S/C21H15F3N8O2/c22-21(23,24)9-32-17-10(7-27-32)1-2-15(28-17)12-5-11(12)13-6-16(30-31-4-3-25-18(13)31)14-8-26-20(34)29-19(14)33/h1-4,6-8,11-12H,5,9H2,(H2,26,29,33,34)/t11-,12-/m0/s1. The molecule has 0 bridgehead atoms. The van der Waals surface area contributed by atoms with E-state index in [0.717, 1.165) is 10.2 Å². The maximum Gasteiger partial charge on any atom is 0.408 e. The zero-order valence-corrected chi connectivity index (χ0v) is 17.2. The minimum atomic E-state index is -4.40. The number of alkyl halides is 3. The molecule has 172 valence electrons. The summed E-state index contributed by atoms with van der Waals surface area (Å²) in [5.74, 6) is -0.0549. The van der Waals surface area contributed by atoms with Crippen molar-refractivity contribution in [3.8, 4) is 11.3 Å². The summed E-state index contributed by atoms with van der Waals surface area (Å²) < 4.78 is 41.1. The molecule has 1 aliphatic carbocycles. The molecule has 1 fully saturated rings. The van der Waals surface area contributed by atoms with Gasteiger partial charge in [-0.05, 0) is 30.5 Å². The van der Waals surface area contributed by atoms with Crippen molar-refractivity contribution in [2.75, 3.05) is 0 Å². The van der Waals surface area contributed by atoms with E-state index in [-0.39, 0.29) is 23.0 Å². The lowest BCUT2D eigenvalue weighted by Gasteiger charge is -2.08. The molecule has 1 saturated carbocycles. The Bertz CT molecular complexity index is 1680. The van der Waals surface area contributed by atoms with Crippen LogP contribution in [0.1, 0.15) is 29.5 Å². The summed E-state index contributed by atoms with van der Waals surface area (Å²) in [5.41, 5.74) is 1.65. The van der Waals surface area contributed by atoms with Crippen LogP contribution in [-0.4, -0.2) is 45.5 Å². The van der Waals surface area contributed by atoms with Gasteiger partial charge in [0.05, 0.1) is 17.5 Å². The minimum Gasteiger partial charge on any atom is -0.313 e. The van der Waals surface area contributed by atoms with Gasteiger partial charge in [0.2, 0.25) is 0 Å². The number of halogens is 3. The molecular weight excluding hydrogens is 453 g/mol. The Morgan fingerprint density at radius 2 is 2.00 bits per heavy atom. The first kappa shape index (κ1) is 20.3. The van der Waals surface area contributed by atoms with E-state index in [1.807, 2.05) is 0 Å². The first-order valence-electron chi connectivity index (χ1n) is 10.3.